The molecule has 4 heteroatoms. The number of para-hydroxylation sites is 1. The molecule has 4 aromatic rings. The number of fused-ring (bicyclic) bond motifs is 4. The Hall–Kier alpha value is -3.14. The summed E-state index contributed by atoms with van der Waals surface area (Å²) in [5.41, 5.74) is 6.46. The van der Waals surface area contributed by atoms with E-state index in [2.05, 4.69) is 84.2 Å². The van der Waals surface area contributed by atoms with E-state index in [4.69, 9.17) is 9.51 Å². The van der Waals surface area contributed by atoms with E-state index in [0.29, 0.717) is 0 Å². The fraction of sp³-hybridized carbons (Fsp3) is 0.333. The van der Waals surface area contributed by atoms with E-state index in [9.17, 15) is 0 Å². The first-order valence-electron chi connectivity index (χ1n) is 11.2. The number of aromatic nitrogens is 3. The summed E-state index contributed by atoms with van der Waals surface area (Å²) in [4.78, 5) is 5.33. The Morgan fingerprint density at radius 3 is 2.52 bits per heavy atom. The number of benzene rings is 2. The molecule has 3 aliphatic rings. The summed E-state index contributed by atoms with van der Waals surface area (Å²) in [5.74, 6) is 2.18. The van der Waals surface area contributed by atoms with Crippen LogP contribution in [0.3, 0.4) is 0 Å². The summed E-state index contributed by atoms with van der Waals surface area (Å²) in [5, 5.41) is 4.23. The molecule has 2 aromatic carbocycles. The Morgan fingerprint density at radius 1 is 1.00 bits per heavy atom. The first kappa shape index (κ1) is 17.5. The van der Waals surface area contributed by atoms with E-state index in [1.54, 1.807) is 0 Å². The fourth-order valence-electron chi connectivity index (χ4n) is 7.30. The van der Waals surface area contributed by atoms with E-state index >= 15 is 0 Å². The van der Waals surface area contributed by atoms with Gasteiger partial charge in [0.1, 0.15) is 11.6 Å². The lowest BCUT2D eigenvalue weighted by Crippen LogP contribution is -2.50. The topological polar surface area (TPSA) is 43.9 Å². The molecule has 0 saturated heterocycles. The highest BCUT2D eigenvalue weighted by Crippen LogP contribution is 2.80. The molecule has 1 fully saturated rings. The minimum absolute atomic E-state index is 0.0229. The summed E-state index contributed by atoms with van der Waals surface area (Å²) in [6.07, 6.45) is 6.17. The van der Waals surface area contributed by atoms with Crippen LogP contribution in [0.1, 0.15) is 53.9 Å². The van der Waals surface area contributed by atoms with Gasteiger partial charge in [-0.25, -0.2) is 4.98 Å². The second-order valence-electron chi connectivity index (χ2n) is 9.84. The van der Waals surface area contributed by atoms with Crippen LogP contribution in [-0.2, 0) is 23.7 Å². The zero-order valence-corrected chi connectivity index (χ0v) is 17.9. The summed E-state index contributed by atoms with van der Waals surface area (Å²) in [7, 11) is 0. The van der Waals surface area contributed by atoms with E-state index in [1.807, 2.05) is 6.20 Å². The Labute approximate surface area is 181 Å². The van der Waals surface area contributed by atoms with Gasteiger partial charge in [0.15, 0.2) is 0 Å². The van der Waals surface area contributed by atoms with Crippen molar-refractivity contribution in [2.45, 2.75) is 50.4 Å². The molecule has 1 spiro atoms. The fourth-order valence-corrected chi connectivity index (χ4v) is 7.30. The molecule has 0 N–H and O–H groups in total. The molecular weight excluding hydrogens is 382 g/mol. The maximum absolute atomic E-state index is 5.85. The molecule has 2 heterocycles. The highest BCUT2D eigenvalue weighted by Gasteiger charge is 2.80. The molecule has 3 aliphatic carbocycles. The van der Waals surface area contributed by atoms with Crippen LogP contribution in [0.25, 0.3) is 5.69 Å². The van der Waals surface area contributed by atoms with Gasteiger partial charge in [-0.15, -0.1) is 0 Å². The monoisotopic (exact) mass is 407 g/mol. The minimum Gasteiger partial charge on any atom is -0.361 e. The van der Waals surface area contributed by atoms with E-state index in [0.717, 1.165) is 37.3 Å². The normalized spacial score (nSPS) is 30.1. The van der Waals surface area contributed by atoms with Gasteiger partial charge in [-0.3, -0.25) is 0 Å². The molecule has 0 radical (unpaired) electrons. The van der Waals surface area contributed by atoms with Crippen molar-refractivity contribution < 1.29 is 4.52 Å². The van der Waals surface area contributed by atoms with Crippen molar-refractivity contribution in [3.05, 3.63) is 101 Å². The van der Waals surface area contributed by atoms with Gasteiger partial charge in [0, 0.05) is 22.4 Å². The lowest BCUT2D eigenvalue weighted by atomic mass is 9.53. The van der Waals surface area contributed by atoms with Gasteiger partial charge >= 0.3 is 0 Å². The van der Waals surface area contributed by atoms with Gasteiger partial charge in [0.2, 0.25) is 0 Å². The van der Waals surface area contributed by atoms with Gasteiger partial charge in [0.05, 0.1) is 17.3 Å². The maximum atomic E-state index is 5.85. The van der Waals surface area contributed by atoms with Gasteiger partial charge in [-0.05, 0) is 55.7 Å². The number of nitrogens with zero attached hydrogens (tertiary/aromatic N) is 3. The number of rotatable bonds is 2. The molecule has 1 unspecified atom stereocenters. The first-order valence-corrected chi connectivity index (χ1v) is 11.2. The third-order valence-corrected chi connectivity index (χ3v) is 8.62. The molecule has 3 atom stereocenters. The summed E-state index contributed by atoms with van der Waals surface area (Å²) >= 11 is 0. The molecule has 0 bridgehead atoms. The minimum atomic E-state index is -0.153. The number of hydrogen-bond donors (Lipinski definition) is 0. The van der Waals surface area contributed by atoms with Crippen molar-refractivity contribution in [2.75, 3.05) is 0 Å². The van der Waals surface area contributed by atoms with Crippen LogP contribution in [0.5, 0.6) is 0 Å². The van der Waals surface area contributed by atoms with Crippen molar-refractivity contribution in [2.24, 2.45) is 5.41 Å². The van der Waals surface area contributed by atoms with Crippen LogP contribution >= 0.6 is 0 Å². The molecule has 154 valence electrons. The molecule has 4 nitrogen and oxygen atoms in total. The summed E-state index contributed by atoms with van der Waals surface area (Å²) < 4.78 is 8.23. The Kier molecular flexibility index (Phi) is 3.14. The zero-order chi connectivity index (χ0) is 20.8. The smallest absolute Gasteiger partial charge is 0.146 e. The summed E-state index contributed by atoms with van der Waals surface area (Å²) in [6, 6.07) is 21.8. The lowest BCUT2D eigenvalue weighted by Gasteiger charge is -2.49. The van der Waals surface area contributed by atoms with Gasteiger partial charge in [-0.1, -0.05) is 60.6 Å². The molecule has 0 aliphatic heterocycles. The van der Waals surface area contributed by atoms with Crippen LogP contribution in [0.2, 0.25) is 0 Å². The van der Waals surface area contributed by atoms with Gasteiger partial charge < -0.3 is 9.09 Å². The standard InChI is InChI=1S/C27H25N3O/c1-18-29-23-22(30(18)21-11-7-4-8-12-21)13-14-26-17-25(26,2)24-19(16-28-31-24)15-27(23,26)20-9-5-3-6-10-20/h3-12,16H,13-15,17H2,1-2H3/t25?,26-,27+/m1/s1. The molecule has 0 amide bonds. The predicted molar refractivity (Wildman–Crippen MR) is 118 cm³/mol. The number of aryl methyl sites for hydroxylation is 1. The molecular formula is C27H25N3O. The predicted octanol–water partition coefficient (Wildman–Crippen LogP) is 5.31. The van der Waals surface area contributed by atoms with E-state index in [1.165, 1.54) is 28.2 Å². The zero-order valence-electron chi connectivity index (χ0n) is 17.9. The third-order valence-electron chi connectivity index (χ3n) is 8.62. The Balaban J connectivity index is 1.56. The molecule has 31 heavy (non-hydrogen) atoms. The van der Waals surface area contributed by atoms with Gasteiger partial charge in [-0.2, -0.15) is 0 Å². The second-order valence-corrected chi connectivity index (χ2v) is 9.84. The van der Waals surface area contributed by atoms with Crippen molar-refractivity contribution in [3.8, 4) is 5.69 Å². The van der Waals surface area contributed by atoms with Crippen LogP contribution in [-0.4, -0.2) is 14.7 Å². The van der Waals surface area contributed by atoms with E-state index in [-0.39, 0.29) is 16.2 Å². The largest absolute Gasteiger partial charge is 0.361 e. The van der Waals surface area contributed by atoms with Crippen LogP contribution < -0.4 is 0 Å². The highest BCUT2D eigenvalue weighted by molar-refractivity contribution is 5.59. The van der Waals surface area contributed by atoms with Crippen LogP contribution in [0, 0.1) is 12.3 Å². The van der Waals surface area contributed by atoms with Crippen molar-refractivity contribution in [1.29, 1.82) is 0 Å². The molecule has 7 rings (SSSR count). The maximum Gasteiger partial charge on any atom is 0.146 e. The van der Waals surface area contributed by atoms with Crippen molar-refractivity contribution in [1.82, 2.24) is 14.7 Å². The Morgan fingerprint density at radius 2 is 1.74 bits per heavy atom. The highest BCUT2D eigenvalue weighted by atomic mass is 16.5. The molecule has 2 aromatic heterocycles. The molecule has 1 saturated carbocycles. The SMILES string of the molecule is Cc1nc2c(n1-c1ccccc1)CC[C@@]13CC1(C)c1oncc1C[C@]23c1ccccc1. The Bertz CT molecular complexity index is 1320. The average Bonchev–Trinajstić information content (AvgIpc) is 3.08. The number of hydrogen-bond acceptors (Lipinski definition) is 3. The second kappa shape index (κ2) is 5.56. The van der Waals surface area contributed by atoms with Crippen LogP contribution in [0.4, 0.5) is 0 Å². The van der Waals surface area contributed by atoms with Crippen molar-refractivity contribution >= 4 is 0 Å². The van der Waals surface area contributed by atoms with E-state index < -0.39 is 0 Å². The first-order chi connectivity index (χ1) is 15.1. The summed E-state index contributed by atoms with van der Waals surface area (Å²) in [6.45, 7) is 4.54. The van der Waals surface area contributed by atoms with Crippen molar-refractivity contribution in [3.63, 3.8) is 0 Å². The quantitative estimate of drug-likeness (QED) is 0.453. The van der Waals surface area contributed by atoms with Gasteiger partial charge in [0.25, 0.3) is 0 Å². The average molecular weight is 408 g/mol. The number of imidazole rings is 1. The third kappa shape index (κ3) is 1.88. The lowest BCUT2D eigenvalue weighted by molar-refractivity contribution is 0.177. The van der Waals surface area contributed by atoms with Crippen LogP contribution in [0.15, 0.2) is 71.4 Å².